The summed E-state index contributed by atoms with van der Waals surface area (Å²) in [6.45, 7) is 9.99. The zero-order valence-corrected chi connectivity index (χ0v) is 14.2. The van der Waals surface area contributed by atoms with Crippen LogP contribution in [0.2, 0.25) is 0 Å². The van der Waals surface area contributed by atoms with Crippen LogP contribution in [-0.4, -0.2) is 35.0 Å². The molecule has 3 rings (SSSR count). The average molecular weight is 309 g/mol. The molecule has 0 spiro atoms. The van der Waals surface area contributed by atoms with Crippen LogP contribution in [0.3, 0.4) is 0 Å². The molecule has 1 aliphatic heterocycles. The van der Waals surface area contributed by atoms with Gasteiger partial charge in [0.25, 0.3) is 0 Å². The van der Waals surface area contributed by atoms with E-state index in [1.807, 2.05) is 12.1 Å². The van der Waals surface area contributed by atoms with E-state index < -0.39 is 0 Å². The average Bonchev–Trinajstić information content (AvgIpc) is 2.51. The van der Waals surface area contributed by atoms with Crippen molar-refractivity contribution < 1.29 is 0 Å². The van der Waals surface area contributed by atoms with Crippen molar-refractivity contribution in [3.63, 3.8) is 0 Å². The number of nitrogens with zero attached hydrogens (tertiary/aromatic N) is 2. The second-order valence-corrected chi connectivity index (χ2v) is 7.18. The molecule has 0 unspecified atom stereocenters. The molecule has 2 aromatic carbocycles. The smallest absolute Gasteiger partial charge is 0.0317 e. The van der Waals surface area contributed by atoms with Crippen LogP contribution < -0.4 is 5.73 Å². The molecule has 0 radical (unpaired) electrons. The number of anilines is 1. The van der Waals surface area contributed by atoms with E-state index in [2.05, 4.69) is 66.1 Å². The normalized spacial score (nSPS) is 18.9. The van der Waals surface area contributed by atoms with Gasteiger partial charge in [-0.15, -0.1) is 0 Å². The Hall–Kier alpha value is -1.84. The molecule has 3 nitrogen and oxygen atoms in total. The molecule has 0 saturated carbocycles. The molecule has 1 aliphatic rings. The maximum atomic E-state index is 5.90. The van der Waals surface area contributed by atoms with Gasteiger partial charge in [-0.05, 0) is 37.1 Å². The molecule has 1 fully saturated rings. The van der Waals surface area contributed by atoms with Gasteiger partial charge in [0.1, 0.15) is 0 Å². The number of nitrogen functional groups attached to an aromatic ring is 1. The van der Waals surface area contributed by atoms with E-state index in [0.717, 1.165) is 38.4 Å². The molecule has 1 heterocycles. The molecule has 2 aromatic rings. The number of rotatable bonds is 4. The van der Waals surface area contributed by atoms with Gasteiger partial charge in [0.2, 0.25) is 0 Å². The highest BCUT2D eigenvalue weighted by atomic mass is 15.3. The minimum Gasteiger partial charge on any atom is -0.399 e. The summed E-state index contributed by atoms with van der Waals surface area (Å²) in [5, 5.41) is 0. The first-order valence-corrected chi connectivity index (χ1v) is 8.39. The molecule has 23 heavy (non-hydrogen) atoms. The standard InChI is InChI=1S/C20H27N3/c1-20(2)16-22(14-18-9-6-10-19(21)13-18)11-12-23(20)15-17-7-4-3-5-8-17/h3-10,13H,11-12,14-16,21H2,1-2H3. The van der Waals surface area contributed by atoms with Crippen LogP contribution in [-0.2, 0) is 13.1 Å². The van der Waals surface area contributed by atoms with E-state index in [1.165, 1.54) is 11.1 Å². The minimum absolute atomic E-state index is 0.175. The van der Waals surface area contributed by atoms with Gasteiger partial charge in [-0.1, -0.05) is 42.5 Å². The summed E-state index contributed by atoms with van der Waals surface area (Å²) in [7, 11) is 0. The second kappa shape index (κ2) is 6.73. The zero-order chi connectivity index (χ0) is 16.3. The third kappa shape index (κ3) is 4.12. The molecule has 0 atom stereocenters. The van der Waals surface area contributed by atoms with E-state index >= 15 is 0 Å². The largest absolute Gasteiger partial charge is 0.399 e. The predicted molar refractivity (Wildman–Crippen MR) is 97.1 cm³/mol. The Morgan fingerprint density at radius 1 is 0.913 bits per heavy atom. The van der Waals surface area contributed by atoms with Crippen molar-refractivity contribution in [3.8, 4) is 0 Å². The Kier molecular flexibility index (Phi) is 4.69. The molecule has 0 aliphatic carbocycles. The van der Waals surface area contributed by atoms with Crippen LogP contribution in [0.1, 0.15) is 25.0 Å². The first-order chi connectivity index (χ1) is 11.0. The molecule has 1 saturated heterocycles. The quantitative estimate of drug-likeness (QED) is 0.879. The molecular formula is C20H27N3. The summed E-state index contributed by atoms with van der Waals surface area (Å²) in [6, 6.07) is 19.0. The van der Waals surface area contributed by atoms with Gasteiger partial charge in [0.15, 0.2) is 0 Å². The van der Waals surface area contributed by atoms with Crippen molar-refractivity contribution in [2.24, 2.45) is 0 Å². The number of hydrogen-bond donors (Lipinski definition) is 1. The second-order valence-electron chi connectivity index (χ2n) is 7.18. The first-order valence-electron chi connectivity index (χ1n) is 8.39. The van der Waals surface area contributed by atoms with Crippen LogP contribution in [0, 0.1) is 0 Å². The maximum Gasteiger partial charge on any atom is 0.0317 e. The SMILES string of the molecule is CC1(C)CN(Cc2cccc(N)c2)CCN1Cc1ccccc1. The molecular weight excluding hydrogens is 282 g/mol. The van der Waals surface area contributed by atoms with Gasteiger partial charge in [-0.25, -0.2) is 0 Å². The number of benzene rings is 2. The zero-order valence-electron chi connectivity index (χ0n) is 14.2. The van der Waals surface area contributed by atoms with Gasteiger partial charge in [-0.3, -0.25) is 9.80 Å². The Bertz CT molecular complexity index is 636. The number of hydrogen-bond acceptors (Lipinski definition) is 3. The Morgan fingerprint density at radius 3 is 2.35 bits per heavy atom. The van der Waals surface area contributed by atoms with E-state index in [0.29, 0.717) is 0 Å². The summed E-state index contributed by atoms with van der Waals surface area (Å²) < 4.78 is 0. The van der Waals surface area contributed by atoms with Gasteiger partial charge in [0.05, 0.1) is 0 Å². The topological polar surface area (TPSA) is 32.5 Å². The van der Waals surface area contributed by atoms with E-state index in [1.54, 1.807) is 0 Å². The minimum atomic E-state index is 0.175. The van der Waals surface area contributed by atoms with Crippen molar-refractivity contribution in [2.75, 3.05) is 25.4 Å². The van der Waals surface area contributed by atoms with Crippen molar-refractivity contribution in [2.45, 2.75) is 32.5 Å². The Morgan fingerprint density at radius 2 is 1.65 bits per heavy atom. The molecule has 122 valence electrons. The highest BCUT2D eigenvalue weighted by molar-refractivity contribution is 5.40. The highest BCUT2D eigenvalue weighted by Gasteiger charge is 2.33. The monoisotopic (exact) mass is 309 g/mol. The summed E-state index contributed by atoms with van der Waals surface area (Å²) in [5.41, 5.74) is 9.62. The van der Waals surface area contributed by atoms with Gasteiger partial charge in [-0.2, -0.15) is 0 Å². The summed E-state index contributed by atoms with van der Waals surface area (Å²) in [5.74, 6) is 0. The maximum absolute atomic E-state index is 5.90. The Labute approximate surface area is 139 Å². The van der Waals surface area contributed by atoms with Crippen molar-refractivity contribution >= 4 is 5.69 Å². The third-order valence-corrected chi connectivity index (χ3v) is 4.73. The lowest BCUT2D eigenvalue weighted by atomic mass is 9.97. The molecule has 0 aromatic heterocycles. The van der Waals surface area contributed by atoms with Crippen molar-refractivity contribution in [1.82, 2.24) is 9.80 Å². The first kappa shape index (κ1) is 16.0. The predicted octanol–water partition coefficient (Wildman–Crippen LogP) is 3.37. The summed E-state index contributed by atoms with van der Waals surface area (Å²) in [6.07, 6.45) is 0. The van der Waals surface area contributed by atoms with Crippen molar-refractivity contribution in [3.05, 3.63) is 65.7 Å². The molecule has 0 amide bonds. The van der Waals surface area contributed by atoms with E-state index in [-0.39, 0.29) is 5.54 Å². The lowest BCUT2D eigenvalue weighted by Crippen LogP contribution is -2.58. The fraction of sp³-hybridized carbons (Fsp3) is 0.400. The van der Waals surface area contributed by atoms with Gasteiger partial charge in [0, 0.05) is 44.0 Å². The number of piperazine rings is 1. The summed E-state index contributed by atoms with van der Waals surface area (Å²) in [4.78, 5) is 5.13. The van der Waals surface area contributed by atoms with Gasteiger partial charge < -0.3 is 5.73 Å². The molecule has 3 heteroatoms. The van der Waals surface area contributed by atoms with Crippen LogP contribution in [0.5, 0.6) is 0 Å². The molecule has 0 bridgehead atoms. The number of nitrogens with two attached hydrogens (primary N) is 1. The van der Waals surface area contributed by atoms with Crippen molar-refractivity contribution in [1.29, 1.82) is 0 Å². The lowest BCUT2D eigenvalue weighted by Gasteiger charge is -2.47. The summed E-state index contributed by atoms with van der Waals surface area (Å²) >= 11 is 0. The van der Waals surface area contributed by atoms with Crippen LogP contribution in [0.4, 0.5) is 5.69 Å². The fourth-order valence-electron chi connectivity index (χ4n) is 3.47. The molecule has 2 N–H and O–H groups in total. The third-order valence-electron chi connectivity index (χ3n) is 4.73. The Balaban J connectivity index is 1.63. The fourth-order valence-corrected chi connectivity index (χ4v) is 3.47. The van der Waals surface area contributed by atoms with Gasteiger partial charge >= 0.3 is 0 Å². The van der Waals surface area contributed by atoms with Crippen LogP contribution >= 0.6 is 0 Å². The highest BCUT2D eigenvalue weighted by Crippen LogP contribution is 2.24. The van der Waals surface area contributed by atoms with E-state index in [9.17, 15) is 0 Å². The van der Waals surface area contributed by atoms with Crippen LogP contribution in [0.15, 0.2) is 54.6 Å². The van der Waals surface area contributed by atoms with Crippen LogP contribution in [0.25, 0.3) is 0 Å². The van der Waals surface area contributed by atoms with E-state index in [4.69, 9.17) is 5.73 Å². The lowest BCUT2D eigenvalue weighted by molar-refractivity contribution is 0.0103.